The smallest absolute Gasteiger partial charge is 0.382 e. The number of hydrogen-bond donors (Lipinski definition) is 2. The van der Waals surface area contributed by atoms with Gasteiger partial charge in [-0.25, -0.2) is 4.79 Å². The molecule has 0 aliphatic carbocycles. The number of hydrogen-bond acceptors (Lipinski definition) is 2. The summed E-state index contributed by atoms with van der Waals surface area (Å²) in [6.45, 7) is -0.176. The second-order valence-electron chi connectivity index (χ2n) is 2.74. The summed E-state index contributed by atoms with van der Waals surface area (Å²) < 4.78 is 35.5. The minimum atomic E-state index is -4.66. The van der Waals surface area contributed by atoms with Gasteiger partial charge in [0.15, 0.2) is 6.10 Å². The first-order chi connectivity index (χ1) is 5.91. The molecule has 0 bridgehead atoms. The van der Waals surface area contributed by atoms with Crippen molar-refractivity contribution in [3.05, 3.63) is 0 Å². The highest BCUT2D eigenvalue weighted by molar-refractivity contribution is 5.76. The second-order valence-corrected chi connectivity index (χ2v) is 2.74. The van der Waals surface area contributed by atoms with E-state index in [0.29, 0.717) is 6.54 Å². The number of aliphatic hydroxyl groups is 1. The largest absolute Gasteiger partial charge is 0.416 e. The van der Waals surface area contributed by atoms with E-state index in [1.54, 1.807) is 0 Å². The van der Waals surface area contributed by atoms with E-state index in [4.69, 9.17) is 5.11 Å². The number of aliphatic hydroxyl groups excluding tert-OH is 1. The molecule has 76 valence electrons. The standard InChI is InChI=1S/C6H9F3N2O2/c7-6(8,9)4(12)3-11-2-1-10-5(11)13/h4,12H,1-3H2,(H,10,13). The van der Waals surface area contributed by atoms with E-state index >= 15 is 0 Å². The van der Waals surface area contributed by atoms with Crippen molar-refractivity contribution in [2.75, 3.05) is 19.6 Å². The van der Waals surface area contributed by atoms with Crippen LogP contribution in [0.5, 0.6) is 0 Å². The molecule has 2 amide bonds. The molecule has 0 spiro atoms. The summed E-state index contributed by atoms with van der Waals surface area (Å²) in [7, 11) is 0. The average molecular weight is 198 g/mol. The molecule has 1 rings (SSSR count). The van der Waals surface area contributed by atoms with Crippen LogP contribution < -0.4 is 5.32 Å². The number of alkyl halides is 3. The number of carbonyl (C=O) groups is 1. The SMILES string of the molecule is O=C1NCCN1CC(O)C(F)(F)F. The van der Waals surface area contributed by atoms with Crippen LogP contribution in [0.25, 0.3) is 0 Å². The number of β-amino-alcohol motifs (C(OH)–C–C–N with tert-alkyl or cyclic N) is 1. The zero-order valence-corrected chi connectivity index (χ0v) is 6.64. The first-order valence-electron chi connectivity index (χ1n) is 3.69. The molecule has 1 unspecified atom stereocenters. The van der Waals surface area contributed by atoms with E-state index in [9.17, 15) is 18.0 Å². The van der Waals surface area contributed by atoms with Crippen LogP contribution >= 0.6 is 0 Å². The Morgan fingerprint density at radius 1 is 1.62 bits per heavy atom. The van der Waals surface area contributed by atoms with Crippen molar-refractivity contribution >= 4 is 6.03 Å². The molecule has 7 heteroatoms. The van der Waals surface area contributed by atoms with E-state index in [2.05, 4.69) is 5.32 Å². The molecule has 0 saturated carbocycles. The first-order valence-corrected chi connectivity index (χ1v) is 3.69. The van der Waals surface area contributed by atoms with Crippen molar-refractivity contribution in [2.45, 2.75) is 12.3 Å². The van der Waals surface area contributed by atoms with Crippen molar-refractivity contribution in [2.24, 2.45) is 0 Å². The third-order valence-corrected chi connectivity index (χ3v) is 1.72. The Labute approximate surface area is 72.3 Å². The van der Waals surface area contributed by atoms with Crippen LogP contribution in [0, 0.1) is 0 Å². The van der Waals surface area contributed by atoms with Crippen molar-refractivity contribution in [1.29, 1.82) is 0 Å². The molecule has 0 aromatic carbocycles. The van der Waals surface area contributed by atoms with Gasteiger partial charge in [0.25, 0.3) is 0 Å². The Balaban J connectivity index is 2.44. The highest BCUT2D eigenvalue weighted by Crippen LogP contribution is 2.20. The monoisotopic (exact) mass is 198 g/mol. The molecule has 1 aliphatic heterocycles. The second kappa shape index (κ2) is 3.41. The van der Waals surface area contributed by atoms with Crippen LogP contribution in [-0.4, -0.2) is 48.0 Å². The molecule has 0 aromatic heterocycles. The normalized spacial score (nSPS) is 20.3. The lowest BCUT2D eigenvalue weighted by Crippen LogP contribution is -2.42. The number of nitrogens with one attached hydrogen (secondary N) is 1. The van der Waals surface area contributed by atoms with Crippen LogP contribution in [0.1, 0.15) is 0 Å². The van der Waals surface area contributed by atoms with Gasteiger partial charge < -0.3 is 15.3 Å². The van der Waals surface area contributed by atoms with E-state index in [1.165, 1.54) is 0 Å². The fourth-order valence-corrected chi connectivity index (χ4v) is 0.998. The van der Waals surface area contributed by atoms with E-state index < -0.39 is 24.9 Å². The molecule has 0 radical (unpaired) electrons. The van der Waals surface area contributed by atoms with Gasteiger partial charge in [0, 0.05) is 13.1 Å². The van der Waals surface area contributed by atoms with Crippen molar-refractivity contribution in [3.8, 4) is 0 Å². The molecule has 1 heterocycles. The average Bonchev–Trinajstić information content (AvgIpc) is 2.34. The Hall–Kier alpha value is -0.980. The summed E-state index contributed by atoms with van der Waals surface area (Å²) in [5.74, 6) is 0. The number of carbonyl (C=O) groups excluding carboxylic acids is 1. The molecule has 4 nitrogen and oxygen atoms in total. The van der Waals surface area contributed by atoms with Crippen LogP contribution in [0.3, 0.4) is 0 Å². The lowest BCUT2D eigenvalue weighted by atomic mass is 10.3. The maximum absolute atomic E-state index is 11.8. The Kier molecular flexibility index (Phi) is 2.65. The van der Waals surface area contributed by atoms with Crippen LogP contribution in [-0.2, 0) is 0 Å². The van der Waals surface area contributed by atoms with Gasteiger partial charge in [-0.15, -0.1) is 0 Å². The predicted octanol–water partition coefficient (Wildman–Crippen LogP) is -0.0652. The lowest BCUT2D eigenvalue weighted by Gasteiger charge is -2.20. The molecule has 0 aromatic rings. The summed E-state index contributed by atoms with van der Waals surface area (Å²) in [5.41, 5.74) is 0. The van der Waals surface area contributed by atoms with Gasteiger partial charge in [-0.3, -0.25) is 0 Å². The third kappa shape index (κ3) is 2.48. The zero-order valence-electron chi connectivity index (χ0n) is 6.64. The van der Waals surface area contributed by atoms with Gasteiger partial charge in [0.05, 0.1) is 6.54 Å². The Morgan fingerprint density at radius 2 is 2.23 bits per heavy atom. The van der Waals surface area contributed by atoms with Crippen LogP contribution in [0.15, 0.2) is 0 Å². The molecule has 1 atom stereocenters. The van der Waals surface area contributed by atoms with Crippen LogP contribution in [0.4, 0.5) is 18.0 Å². The quantitative estimate of drug-likeness (QED) is 0.652. The fraction of sp³-hybridized carbons (Fsp3) is 0.833. The van der Waals surface area contributed by atoms with Crippen molar-refractivity contribution in [3.63, 3.8) is 0 Å². The van der Waals surface area contributed by atoms with Crippen molar-refractivity contribution in [1.82, 2.24) is 10.2 Å². The predicted molar refractivity (Wildman–Crippen MR) is 37.0 cm³/mol. The number of rotatable bonds is 2. The zero-order chi connectivity index (χ0) is 10.1. The van der Waals surface area contributed by atoms with Gasteiger partial charge >= 0.3 is 12.2 Å². The van der Waals surface area contributed by atoms with Crippen molar-refractivity contribution < 1.29 is 23.1 Å². The highest BCUT2D eigenvalue weighted by atomic mass is 19.4. The summed E-state index contributed by atoms with van der Waals surface area (Å²) in [6, 6.07) is -0.566. The number of nitrogens with zero attached hydrogens (tertiary/aromatic N) is 1. The molecular weight excluding hydrogens is 189 g/mol. The molecule has 1 saturated heterocycles. The third-order valence-electron chi connectivity index (χ3n) is 1.72. The summed E-state index contributed by atoms with van der Waals surface area (Å²) in [4.78, 5) is 11.7. The number of amides is 2. The highest BCUT2D eigenvalue weighted by Gasteiger charge is 2.40. The topological polar surface area (TPSA) is 52.6 Å². The summed E-state index contributed by atoms with van der Waals surface area (Å²) in [6.07, 6.45) is -7.13. The van der Waals surface area contributed by atoms with Gasteiger partial charge in [-0.05, 0) is 0 Å². The number of urea groups is 1. The van der Waals surface area contributed by atoms with E-state index in [1.807, 2.05) is 0 Å². The molecule has 1 fully saturated rings. The van der Waals surface area contributed by atoms with Gasteiger partial charge in [0.2, 0.25) is 0 Å². The molecule has 2 N–H and O–H groups in total. The summed E-state index contributed by atoms with van der Waals surface area (Å²) >= 11 is 0. The molecular formula is C6H9F3N2O2. The molecule has 1 aliphatic rings. The van der Waals surface area contributed by atoms with Crippen LogP contribution in [0.2, 0.25) is 0 Å². The van der Waals surface area contributed by atoms with E-state index in [-0.39, 0.29) is 6.54 Å². The van der Waals surface area contributed by atoms with Gasteiger partial charge in [-0.2, -0.15) is 13.2 Å². The maximum atomic E-state index is 11.8. The Morgan fingerprint density at radius 3 is 2.62 bits per heavy atom. The number of halogens is 3. The maximum Gasteiger partial charge on any atom is 0.416 e. The van der Waals surface area contributed by atoms with Gasteiger partial charge in [-0.1, -0.05) is 0 Å². The van der Waals surface area contributed by atoms with E-state index in [0.717, 1.165) is 4.90 Å². The summed E-state index contributed by atoms with van der Waals surface area (Å²) in [5, 5.41) is 11.0. The molecule has 13 heavy (non-hydrogen) atoms. The Bertz CT molecular complexity index is 207. The minimum Gasteiger partial charge on any atom is -0.382 e. The fourth-order valence-electron chi connectivity index (χ4n) is 0.998. The first kappa shape index (κ1) is 10.1. The van der Waals surface area contributed by atoms with Gasteiger partial charge in [0.1, 0.15) is 0 Å². The lowest BCUT2D eigenvalue weighted by molar-refractivity contribution is -0.205. The minimum absolute atomic E-state index is 0.200.